The molecule has 0 saturated carbocycles. The van der Waals surface area contributed by atoms with Crippen LogP contribution in [0.1, 0.15) is 30.9 Å². The van der Waals surface area contributed by atoms with Crippen molar-refractivity contribution in [2.24, 2.45) is 0 Å². The Hall–Kier alpha value is -2.77. The van der Waals surface area contributed by atoms with Crippen LogP contribution in [-0.2, 0) is 11.3 Å². The first-order valence-electron chi connectivity index (χ1n) is 10.2. The molecule has 2 heterocycles. The maximum atomic E-state index is 12.5. The molecule has 1 aliphatic heterocycles. The number of aryl methyl sites for hydroxylation is 1. The van der Waals surface area contributed by atoms with Crippen LogP contribution in [0.25, 0.3) is 10.9 Å². The summed E-state index contributed by atoms with van der Waals surface area (Å²) >= 11 is 6.43. The van der Waals surface area contributed by atoms with Crippen molar-refractivity contribution < 1.29 is 4.79 Å². The molecule has 1 fully saturated rings. The highest BCUT2D eigenvalue weighted by Gasteiger charge is 2.25. The number of carbonyl (C=O) groups excluding carboxylic acids is 1. The summed E-state index contributed by atoms with van der Waals surface area (Å²) in [5.41, 5.74) is 1.34. The number of benzene rings is 2. The minimum Gasteiger partial charge on any atom is -0.354 e. The second-order valence-corrected chi connectivity index (χ2v) is 7.88. The SMILES string of the molecule is O=C(CCn1nnc2ccccc2c1=O)NCC(c1ccccc1Cl)N1CCCC1. The molecule has 1 N–H and O–H groups in total. The largest absolute Gasteiger partial charge is 0.354 e. The van der Waals surface area contributed by atoms with Crippen molar-refractivity contribution in [2.75, 3.05) is 19.6 Å². The average Bonchev–Trinajstić information content (AvgIpc) is 3.29. The van der Waals surface area contributed by atoms with Crippen LogP contribution in [0.2, 0.25) is 5.02 Å². The molecular weight excluding hydrogens is 402 g/mol. The monoisotopic (exact) mass is 425 g/mol. The van der Waals surface area contributed by atoms with Gasteiger partial charge in [-0.2, -0.15) is 0 Å². The number of aromatic nitrogens is 3. The van der Waals surface area contributed by atoms with Crippen molar-refractivity contribution >= 4 is 28.4 Å². The van der Waals surface area contributed by atoms with Gasteiger partial charge in [-0.05, 0) is 49.7 Å². The van der Waals surface area contributed by atoms with Gasteiger partial charge in [0.1, 0.15) is 5.52 Å². The molecule has 1 atom stereocenters. The van der Waals surface area contributed by atoms with Gasteiger partial charge in [0.2, 0.25) is 5.91 Å². The van der Waals surface area contributed by atoms with Crippen molar-refractivity contribution in [3.8, 4) is 0 Å². The molecule has 3 aromatic rings. The van der Waals surface area contributed by atoms with E-state index in [2.05, 4.69) is 20.5 Å². The number of nitrogens with zero attached hydrogens (tertiary/aromatic N) is 4. The van der Waals surface area contributed by atoms with Crippen LogP contribution in [0.4, 0.5) is 0 Å². The van der Waals surface area contributed by atoms with E-state index in [1.165, 1.54) is 4.68 Å². The average molecular weight is 426 g/mol. The van der Waals surface area contributed by atoms with E-state index < -0.39 is 0 Å². The summed E-state index contributed by atoms with van der Waals surface area (Å²) in [6.07, 6.45) is 2.46. The minimum atomic E-state index is -0.237. The molecule has 1 unspecified atom stereocenters. The number of hydrogen-bond acceptors (Lipinski definition) is 5. The van der Waals surface area contributed by atoms with Crippen LogP contribution in [0.3, 0.4) is 0 Å². The van der Waals surface area contributed by atoms with Gasteiger partial charge in [0.25, 0.3) is 5.56 Å². The van der Waals surface area contributed by atoms with Crippen LogP contribution in [-0.4, -0.2) is 45.4 Å². The highest BCUT2D eigenvalue weighted by molar-refractivity contribution is 6.31. The second kappa shape index (κ2) is 9.36. The maximum Gasteiger partial charge on any atom is 0.277 e. The summed E-state index contributed by atoms with van der Waals surface area (Å²) in [5.74, 6) is -0.131. The fourth-order valence-electron chi connectivity index (χ4n) is 3.91. The van der Waals surface area contributed by atoms with Crippen LogP contribution in [0, 0.1) is 0 Å². The van der Waals surface area contributed by atoms with Gasteiger partial charge in [-0.3, -0.25) is 14.5 Å². The summed E-state index contributed by atoms with van der Waals surface area (Å²) in [6.45, 7) is 2.64. The van der Waals surface area contributed by atoms with Crippen molar-refractivity contribution in [1.29, 1.82) is 0 Å². The third kappa shape index (κ3) is 4.52. The van der Waals surface area contributed by atoms with Gasteiger partial charge in [0.15, 0.2) is 0 Å². The highest BCUT2D eigenvalue weighted by atomic mass is 35.5. The Morgan fingerprint density at radius 3 is 2.63 bits per heavy atom. The molecule has 2 aromatic carbocycles. The van der Waals surface area contributed by atoms with E-state index in [9.17, 15) is 9.59 Å². The van der Waals surface area contributed by atoms with E-state index in [0.717, 1.165) is 31.5 Å². The molecule has 1 aromatic heterocycles. The molecule has 7 nitrogen and oxygen atoms in total. The first-order chi connectivity index (χ1) is 14.6. The number of likely N-dealkylation sites (tertiary alicyclic amines) is 1. The molecule has 0 aliphatic carbocycles. The van der Waals surface area contributed by atoms with Gasteiger partial charge in [-0.25, -0.2) is 4.68 Å². The van der Waals surface area contributed by atoms with Crippen LogP contribution >= 0.6 is 11.6 Å². The number of rotatable bonds is 7. The zero-order chi connectivity index (χ0) is 20.9. The Bertz CT molecular complexity index is 1090. The van der Waals surface area contributed by atoms with Crippen molar-refractivity contribution in [1.82, 2.24) is 25.2 Å². The summed E-state index contributed by atoms with van der Waals surface area (Å²) < 4.78 is 1.24. The number of fused-ring (bicyclic) bond motifs is 1. The van der Waals surface area contributed by atoms with E-state index in [0.29, 0.717) is 22.5 Å². The van der Waals surface area contributed by atoms with E-state index in [-0.39, 0.29) is 30.5 Å². The smallest absolute Gasteiger partial charge is 0.277 e. The van der Waals surface area contributed by atoms with Gasteiger partial charge in [0, 0.05) is 18.0 Å². The summed E-state index contributed by atoms with van der Waals surface area (Å²) in [5, 5.41) is 12.2. The van der Waals surface area contributed by atoms with Crippen molar-refractivity contribution in [3.63, 3.8) is 0 Å². The topological polar surface area (TPSA) is 80.1 Å². The molecule has 1 saturated heterocycles. The van der Waals surface area contributed by atoms with Gasteiger partial charge >= 0.3 is 0 Å². The number of nitrogens with one attached hydrogen (secondary N) is 1. The first-order valence-corrected chi connectivity index (χ1v) is 10.6. The molecule has 30 heavy (non-hydrogen) atoms. The van der Waals surface area contributed by atoms with Gasteiger partial charge in [0.05, 0.1) is 18.0 Å². The first kappa shape index (κ1) is 20.5. The normalized spacial score (nSPS) is 15.4. The van der Waals surface area contributed by atoms with Crippen LogP contribution in [0.5, 0.6) is 0 Å². The second-order valence-electron chi connectivity index (χ2n) is 7.47. The number of hydrogen-bond donors (Lipinski definition) is 1. The standard InChI is InChI=1S/C22H24ClN5O2/c23-18-9-3-1-7-16(18)20(27-12-5-6-13-27)15-24-21(29)11-14-28-22(30)17-8-2-4-10-19(17)25-26-28/h1-4,7-10,20H,5-6,11-15H2,(H,24,29). The zero-order valence-corrected chi connectivity index (χ0v) is 17.4. The molecule has 0 spiro atoms. The Morgan fingerprint density at radius 1 is 1.10 bits per heavy atom. The Labute approximate surface area is 179 Å². The summed E-state index contributed by atoms with van der Waals surface area (Å²) in [6, 6.07) is 14.9. The van der Waals surface area contributed by atoms with E-state index in [4.69, 9.17) is 11.6 Å². The van der Waals surface area contributed by atoms with E-state index in [1.807, 2.05) is 30.3 Å². The summed E-state index contributed by atoms with van der Waals surface area (Å²) in [4.78, 5) is 27.4. The molecule has 8 heteroatoms. The van der Waals surface area contributed by atoms with Gasteiger partial charge in [-0.15, -0.1) is 5.10 Å². The van der Waals surface area contributed by atoms with Crippen molar-refractivity contribution in [3.05, 3.63) is 69.5 Å². The lowest BCUT2D eigenvalue weighted by Gasteiger charge is -2.29. The Balaban J connectivity index is 1.40. The predicted molar refractivity (Wildman–Crippen MR) is 116 cm³/mol. The van der Waals surface area contributed by atoms with Crippen LogP contribution in [0.15, 0.2) is 53.3 Å². The number of amides is 1. The van der Waals surface area contributed by atoms with E-state index in [1.54, 1.807) is 18.2 Å². The maximum absolute atomic E-state index is 12.5. The molecule has 4 rings (SSSR count). The quantitative estimate of drug-likeness (QED) is 0.629. The zero-order valence-electron chi connectivity index (χ0n) is 16.6. The Kier molecular flexibility index (Phi) is 6.40. The lowest BCUT2D eigenvalue weighted by atomic mass is 10.1. The molecule has 1 amide bonds. The predicted octanol–water partition coefficient (Wildman–Crippen LogP) is 2.79. The fourth-order valence-corrected chi connectivity index (χ4v) is 4.17. The number of halogens is 1. The third-order valence-corrected chi connectivity index (χ3v) is 5.86. The van der Waals surface area contributed by atoms with Gasteiger partial charge in [-0.1, -0.05) is 47.1 Å². The fraction of sp³-hybridized carbons (Fsp3) is 0.364. The highest BCUT2D eigenvalue weighted by Crippen LogP contribution is 2.29. The molecule has 156 valence electrons. The number of carbonyl (C=O) groups is 1. The lowest BCUT2D eigenvalue weighted by Crippen LogP contribution is -2.37. The lowest BCUT2D eigenvalue weighted by molar-refractivity contribution is -0.121. The van der Waals surface area contributed by atoms with E-state index >= 15 is 0 Å². The minimum absolute atomic E-state index is 0.0355. The molecule has 0 radical (unpaired) electrons. The van der Waals surface area contributed by atoms with Crippen LogP contribution < -0.4 is 10.9 Å². The summed E-state index contributed by atoms with van der Waals surface area (Å²) in [7, 11) is 0. The molecule has 1 aliphatic rings. The van der Waals surface area contributed by atoms with Crippen molar-refractivity contribution in [2.45, 2.75) is 31.8 Å². The Morgan fingerprint density at radius 2 is 1.83 bits per heavy atom. The third-order valence-electron chi connectivity index (χ3n) is 5.52. The molecule has 0 bridgehead atoms. The van der Waals surface area contributed by atoms with Gasteiger partial charge < -0.3 is 5.32 Å². The molecular formula is C22H24ClN5O2.